The van der Waals surface area contributed by atoms with E-state index in [2.05, 4.69) is 32.1 Å². The molecule has 3 aliphatic heterocycles. The zero-order valence-corrected chi connectivity index (χ0v) is 19.6. The minimum atomic E-state index is -4.41. The van der Waals surface area contributed by atoms with Gasteiger partial charge in [-0.05, 0) is 42.3 Å². The van der Waals surface area contributed by atoms with Crippen LogP contribution >= 0.6 is 0 Å². The monoisotopic (exact) mass is 488 g/mol. The highest BCUT2D eigenvalue weighted by Crippen LogP contribution is 2.40. The van der Waals surface area contributed by atoms with Crippen LogP contribution in [0.25, 0.3) is 0 Å². The van der Waals surface area contributed by atoms with E-state index >= 15 is 0 Å². The number of hydrogen-bond acceptors (Lipinski definition) is 5. The third-order valence-electron chi connectivity index (χ3n) is 7.33. The first-order valence-electron chi connectivity index (χ1n) is 12.2. The van der Waals surface area contributed by atoms with Gasteiger partial charge in [-0.15, -0.1) is 0 Å². The molecule has 0 bridgehead atoms. The Morgan fingerprint density at radius 2 is 1.80 bits per heavy atom. The van der Waals surface area contributed by atoms with Crippen molar-refractivity contribution >= 4 is 17.3 Å². The Kier molecular flexibility index (Phi) is 6.88. The number of para-hydroxylation sites is 1. The molecule has 0 radical (unpaired) electrons. The molecule has 1 amide bonds. The highest BCUT2D eigenvalue weighted by molar-refractivity contribution is 5.82. The van der Waals surface area contributed by atoms with Crippen LogP contribution in [0.1, 0.15) is 11.1 Å². The van der Waals surface area contributed by atoms with Gasteiger partial charge in [0.2, 0.25) is 5.91 Å². The maximum absolute atomic E-state index is 13.4. The highest BCUT2D eigenvalue weighted by atomic mass is 19.4. The first-order valence-corrected chi connectivity index (χ1v) is 12.2. The molecule has 0 saturated carbocycles. The summed E-state index contributed by atoms with van der Waals surface area (Å²) in [6.45, 7) is 6.36. The van der Waals surface area contributed by atoms with Gasteiger partial charge in [0.25, 0.3) is 0 Å². The Labute approximate surface area is 203 Å². The second-order valence-electron chi connectivity index (χ2n) is 9.44. The molecule has 2 unspecified atom stereocenters. The topological polar surface area (TPSA) is 48.1 Å². The summed E-state index contributed by atoms with van der Waals surface area (Å²) >= 11 is 0. The van der Waals surface area contributed by atoms with Crippen molar-refractivity contribution < 1.29 is 22.7 Å². The van der Waals surface area contributed by atoms with Crippen molar-refractivity contribution in [2.24, 2.45) is 5.92 Å². The Balaban J connectivity index is 1.36. The molecule has 2 aromatic carbocycles. The molecule has 0 spiro atoms. The lowest BCUT2D eigenvalue weighted by atomic mass is 9.82. The van der Waals surface area contributed by atoms with E-state index in [1.54, 1.807) is 6.07 Å². The normalized spacial score (nSPS) is 22.9. The number of ether oxygens (including phenoxy) is 1. The van der Waals surface area contributed by atoms with Gasteiger partial charge in [-0.25, -0.2) is 0 Å². The second kappa shape index (κ2) is 10.1. The highest BCUT2D eigenvalue weighted by Gasteiger charge is 2.42. The van der Waals surface area contributed by atoms with Gasteiger partial charge in [0, 0.05) is 57.2 Å². The largest absolute Gasteiger partial charge is 0.416 e. The van der Waals surface area contributed by atoms with Crippen LogP contribution in [0.3, 0.4) is 0 Å². The minimum Gasteiger partial charge on any atom is -0.379 e. The predicted molar refractivity (Wildman–Crippen MR) is 129 cm³/mol. The molecular weight excluding hydrogens is 457 g/mol. The number of nitrogens with zero attached hydrogens (tertiary/aromatic N) is 3. The fraction of sp³-hybridized carbons (Fsp3) is 0.500. The van der Waals surface area contributed by atoms with Gasteiger partial charge >= 0.3 is 6.18 Å². The van der Waals surface area contributed by atoms with Gasteiger partial charge in [-0.3, -0.25) is 9.69 Å². The zero-order chi connectivity index (χ0) is 24.4. The SMILES string of the molecule is O=C(NCCN1CCOCC1)C1Cc2cc(C(F)(F)F)ccc2N2CCN(c3ccccc3)CC12. The molecule has 2 saturated heterocycles. The molecule has 5 rings (SSSR count). The number of nitrogens with one attached hydrogen (secondary N) is 1. The lowest BCUT2D eigenvalue weighted by Gasteiger charge is -2.49. The predicted octanol–water partition coefficient (Wildman–Crippen LogP) is 3.02. The van der Waals surface area contributed by atoms with Crippen molar-refractivity contribution in [1.82, 2.24) is 10.2 Å². The van der Waals surface area contributed by atoms with Crippen LogP contribution in [0.15, 0.2) is 48.5 Å². The molecule has 2 atom stereocenters. The van der Waals surface area contributed by atoms with Crippen LogP contribution in [0.5, 0.6) is 0 Å². The van der Waals surface area contributed by atoms with Gasteiger partial charge in [0.15, 0.2) is 0 Å². The molecular formula is C26H31F3N4O2. The van der Waals surface area contributed by atoms with Crippen LogP contribution in [-0.4, -0.2) is 75.9 Å². The number of carbonyl (C=O) groups is 1. The third kappa shape index (κ3) is 5.26. The van der Waals surface area contributed by atoms with Gasteiger partial charge in [0.1, 0.15) is 0 Å². The van der Waals surface area contributed by atoms with Crippen molar-refractivity contribution in [2.45, 2.75) is 18.6 Å². The molecule has 3 heterocycles. The Morgan fingerprint density at radius 1 is 1.03 bits per heavy atom. The molecule has 1 N–H and O–H groups in total. The summed E-state index contributed by atoms with van der Waals surface area (Å²) in [5.74, 6) is -0.520. The number of halogens is 3. The minimum absolute atomic E-state index is 0.0915. The molecule has 6 nitrogen and oxygen atoms in total. The number of carbonyl (C=O) groups excluding carboxylic acids is 1. The van der Waals surface area contributed by atoms with E-state index in [0.29, 0.717) is 44.8 Å². The summed E-state index contributed by atoms with van der Waals surface area (Å²) in [5.41, 5.74) is 1.84. The summed E-state index contributed by atoms with van der Waals surface area (Å²) < 4.78 is 45.6. The zero-order valence-electron chi connectivity index (χ0n) is 19.6. The summed E-state index contributed by atoms with van der Waals surface area (Å²) in [6, 6.07) is 13.9. The van der Waals surface area contributed by atoms with Gasteiger partial charge in [-0.2, -0.15) is 13.2 Å². The van der Waals surface area contributed by atoms with Gasteiger partial charge < -0.3 is 19.9 Å². The second-order valence-corrected chi connectivity index (χ2v) is 9.44. The number of benzene rings is 2. The number of alkyl halides is 3. The average molecular weight is 489 g/mol. The van der Waals surface area contributed by atoms with E-state index in [1.165, 1.54) is 6.07 Å². The van der Waals surface area contributed by atoms with Crippen molar-refractivity contribution in [3.05, 3.63) is 59.7 Å². The maximum Gasteiger partial charge on any atom is 0.416 e. The number of amides is 1. The van der Waals surface area contributed by atoms with Crippen LogP contribution in [0, 0.1) is 5.92 Å². The molecule has 9 heteroatoms. The Morgan fingerprint density at radius 3 is 2.54 bits per heavy atom. The maximum atomic E-state index is 13.4. The molecule has 188 valence electrons. The first kappa shape index (κ1) is 23.9. The van der Waals surface area contributed by atoms with Gasteiger partial charge in [-0.1, -0.05) is 18.2 Å². The molecule has 3 aliphatic rings. The van der Waals surface area contributed by atoms with Crippen LogP contribution in [0.4, 0.5) is 24.5 Å². The molecule has 0 aromatic heterocycles. The van der Waals surface area contributed by atoms with Crippen molar-refractivity contribution in [1.29, 1.82) is 0 Å². The average Bonchev–Trinajstić information content (AvgIpc) is 2.88. The lowest BCUT2D eigenvalue weighted by molar-refractivity contribution is -0.137. The lowest BCUT2D eigenvalue weighted by Crippen LogP contribution is -2.61. The summed E-state index contributed by atoms with van der Waals surface area (Å²) in [5, 5.41) is 3.07. The third-order valence-corrected chi connectivity index (χ3v) is 7.33. The number of morpholine rings is 1. The standard InChI is InChI=1S/C26H31F3N4O2/c27-26(28,29)20-6-7-23-19(16-20)17-22(25(34)30-8-9-31-12-14-35-15-13-31)24-18-32(10-11-33(23)24)21-4-2-1-3-5-21/h1-7,16,22,24H,8-15,17-18H2,(H,30,34). The van der Waals surface area contributed by atoms with E-state index in [9.17, 15) is 18.0 Å². The quantitative estimate of drug-likeness (QED) is 0.701. The van der Waals surface area contributed by atoms with Crippen molar-refractivity contribution in [3.63, 3.8) is 0 Å². The number of hydrogen-bond donors (Lipinski definition) is 1. The molecule has 2 fully saturated rings. The number of anilines is 2. The van der Waals surface area contributed by atoms with E-state index in [4.69, 9.17) is 4.74 Å². The van der Waals surface area contributed by atoms with E-state index in [-0.39, 0.29) is 11.9 Å². The van der Waals surface area contributed by atoms with Crippen LogP contribution < -0.4 is 15.1 Å². The van der Waals surface area contributed by atoms with Crippen LogP contribution in [0.2, 0.25) is 0 Å². The molecule has 0 aliphatic carbocycles. The van der Waals surface area contributed by atoms with Gasteiger partial charge in [0.05, 0.1) is 30.7 Å². The van der Waals surface area contributed by atoms with E-state index in [1.807, 2.05) is 18.2 Å². The Bertz CT molecular complexity index is 1030. The Hall–Kier alpha value is -2.78. The number of fused-ring (bicyclic) bond motifs is 3. The number of rotatable bonds is 5. The number of piperazine rings is 1. The van der Waals surface area contributed by atoms with Crippen molar-refractivity contribution in [2.75, 3.05) is 68.8 Å². The molecule has 2 aromatic rings. The summed E-state index contributed by atoms with van der Waals surface area (Å²) in [4.78, 5) is 20.1. The molecule has 35 heavy (non-hydrogen) atoms. The fourth-order valence-electron chi connectivity index (χ4n) is 5.47. The van der Waals surface area contributed by atoms with E-state index in [0.717, 1.165) is 43.6 Å². The first-order chi connectivity index (χ1) is 16.9. The van der Waals surface area contributed by atoms with Crippen molar-refractivity contribution in [3.8, 4) is 0 Å². The summed E-state index contributed by atoms with van der Waals surface area (Å²) in [7, 11) is 0. The fourth-order valence-corrected chi connectivity index (χ4v) is 5.47. The smallest absolute Gasteiger partial charge is 0.379 e. The summed E-state index contributed by atoms with van der Waals surface area (Å²) in [6.07, 6.45) is -4.11. The van der Waals surface area contributed by atoms with E-state index < -0.39 is 17.7 Å². The van der Waals surface area contributed by atoms with Crippen LogP contribution in [-0.2, 0) is 22.1 Å².